The lowest BCUT2D eigenvalue weighted by Gasteiger charge is -2.02. The Labute approximate surface area is 174 Å². The van der Waals surface area contributed by atoms with Gasteiger partial charge in [-0.2, -0.15) is 0 Å². The molecule has 26 heavy (non-hydrogen) atoms. The second kappa shape index (κ2) is 13.9. The first-order valence-electron chi connectivity index (χ1n) is 7.46. The zero-order chi connectivity index (χ0) is 16.1. The summed E-state index contributed by atoms with van der Waals surface area (Å²) in [5.74, 6) is -0.189. The predicted octanol–water partition coefficient (Wildman–Crippen LogP) is 2.03. The summed E-state index contributed by atoms with van der Waals surface area (Å²) in [5.41, 5.74) is 12.2. The van der Waals surface area contributed by atoms with Crippen LogP contribution in [0.15, 0.2) is 28.0 Å². The molecule has 0 amide bonds. The van der Waals surface area contributed by atoms with E-state index in [1.54, 1.807) is 0 Å². The number of esters is 1. The maximum atomic E-state index is 11.2. The molecule has 150 valence electrons. The third kappa shape index (κ3) is 7.16. The van der Waals surface area contributed by atoms with E-state index in [-0.39, 0.29) is 50.9 Å². The van der Waals surface area contributed by atoms with Crippen LogP contribution in [0.3, 0.4) is 0 Å². The monoisotopic (exact) mass is 497 g/mol. The molecule has 0 spiro atoms. The van der Waals surface area contributed by atoms with E-state index in [1.807, 2.05) is 25.4 Å². The molecule has 0 fully saturated rings. The van der Waals surface area contributed by atoms with E-state index in [4.69, 9.17) is 5.73 Å². The topological polar surface area (TPSA) is 143 Å². The number of methoxy groups -OCH3 is 1. The number of aromatic nitrogens is 1. The third-order valence-corrected chi connectivity index (χ3v) is 4.03. The first-order chi connectivity index (χ1) is 10.6. The molecular formula is C17H29Br2N3O4. The molecule has 0 atom stereocenters. The van der Waals surface area contributed by atoms with Crippen LogP contribution in [0.5, 0.6) is 0 Å². The Morgan fingerprint density at radius 2 is 1.92 bits per heavy atom. The van der Waals surface area contributed by atoms with Gasteiger partial charge in [0.1, 0.15) is 0 Å². The fourth-order valence-electron chi connectivity index (χ4n) is 2.50. The molecule has 0 bridgehead atoms. The number of nitrogens with zero attached hydrogens (tertiary/aromatic N) is 1. The van der Waals surface area contributed by atoms with Gasteiger partial charge < -0.3 is 26.4 Å². The highest BCUT2D eigenvalue weighted by molar-refractivity contribution is 8.93. The Morgan fingerprint density at radius 1 is 1.27 bits per heavy atom. The van der Waals surface area contributed by atoms with Crippen LogP contribution in [0, 0.1) is 6.92 Å². The average molecular weight is 499 g/mol. The van der Waals surface area contributed by atoms with E-state index < -0.39 is 0 Å². The summed E-state index contributed by atoms with van der Waals surface area (Å²) in [6.07, 6.45) is 7.80. The number of rotatable bonds is 6. The highest BCUT2D eigenvalue weighted by Gasteiger charge is 2.13. The van der Waals surface area contributed by atoms with Crippen molar-refractivity contribution in [2.45, 2.75) is 33.1 Å². The lowest BCUT2D eigenvalue weighted by atomic mass is 10.0. The highest BCUT2D eigenvalue weighted by Crippen LogP contribution is 2.26. The number of nitrogens with two attached hydrogens (primary N) is 1. The van der Waals surface area contributed by atoms with Crippen LogP contribution in [0.4, 0.5) is 0 Å². The van der Waals surface area contributed by atoms with Gasteiger partial charge in [-0.25, -0.2) is 0 Å². The second-order valence-corrected chi connectivity index (χ2v) is 5.41. The lowest BCUT2D eigenvalue weighted by molar-refractivity contribution is -0.140. The van der Waals surface area contributed by atoms with Crippen LogP contribution in [-0.4, -0.2) is 41.8 Å². The lowest BCUT2D eigenvalue weighted by Crippen LogP contribution is -2.02. The maximum Gasteiger partial charge on any atom is 0.305 e. The van der Waals surface area contributed by atoms with Crippen molar-refractivity contribution in [3.8, 4) is 0 Å². The molecule has 1 aromatic rings. The van der Waals surface area contributed by atoms with Gasteiger partial charge in [-0.3, -0.25) is 9.79 Å². The number of H-pyrrole nitrogens is 1. The van der Waals surface area contributed by atoms with Crippen molar-refractivity contribution < 1.29 is 20.5 Å². The molecule has 0 aromatic carbocycles. The van der Waals surface area contributed by atoms with Crippen molar-refractivity contribution in [1.82, 2.24) is 4.98 Å². The number of carbonyl (C=O) groups excluding carboxylic acids is 1. The van der Waals surface area contributed by atoms with Crippen molar-refractivity contribution in [2.24, 2.45) is 10.7 Å². The number of ether oxygens (including phenoxy) is 1. The fraction of sp³-hybridized carbons (Fsp3) is 0.412. The van der Waals surface area contributed by atoms with Crippen molar-refractivity contribution in [1.29, 1.82) is 0 Å². The van der Waals surface area contributed by atoms with Gasteiger partial charge in [0.2, 0.25) is 0 Å². The molecule has 7 nitrogen and oxygen atoms in total. The zero-order valence-electron chi connectivity index (χ0n) is 15.2. The van der Waals surface area contributed by atoms with Gasteiger partial charge in [-0.1, -0.05) is 0 Å². The molecule has 7 N–H and O–H groups in total. The summed E-state index contributed by atoms with van der Waals surface area (Å²) in [6, 6.07) is 0. The van der Waals surface area contributed by atoms with E-state index in [0.717, 1.165) is 28.9 Å². The average Bonchev–Trinajstić information content (AvgIpc) is 3.03. The van der Waals surface area contributed by atoms with Gasteiger partial charge in [-0.05, 0) is 61.6 Å². The number of allylic oxidation sites excluding steroid dienone is 1. The normalized spacial score (nSPS) is 13.5. The van der Waals surface area contributed by atoms with E-state index >= 15 is 0 Å². The van der Waals surface area contributed by atoms with Gasteiger partial charge in [-0.15, -0.1) is 34.0 Å². The van der Waals surface area contributed by atoms with Gasteiger partial charge in [0, 0.05) is 24.5 Å². The Morgan fingerprint density at radius 3 is 2.50 bits per heavy atom. The summed E-state index contributed by atoms with van der Waals surface area (Å²) < 4.78 is 4.68. The largest absolute Gasteiger partial charge is 0.469 e. The van der Waals surface area contributed by atoms with Crippen molar-refractivity contribution in [3.05, 3.63) is 39.9 Å². The molecule has 9 heteroatoms. The fourth-order valence-corrected chi connectivity index (χ4v) is 2.50. The van der Waals surface area contributed by atoms with Gasteiger partial charge in [0.15, 0.2) is 0 Å². The van der Waals surface area contributed by atoms with Crippen LogP contribution in [-0.2, 0) is 16.0 Å². The van der Waals surface area contributed by atoms with Crippen molar-refractivity contribution in [3.63, 3.8) is 0 Å². The van der Waals surface area contributed by atoms with Gasteiger partial charge in [0.05, 0.1) is 12.8 Å². The van der Waals surface area contributed by atoms with E-state index in [9.17, 15) is 4.79 Å². The number of nitrogens with one attached hydrogen (secondary N) is 1. The second-order valence-electron chi connectivity index (χ2n) is 5.41. The summed E-state index contributed by atoms with van der Waals surface area (Å²) in [6.45, 7) is 4.75. The summed E-state index contributed by atoms with van der Waals surface area (Å²) in [5, 5.41) is 0. The molecule has 0 radical (unpaired) electrons. The molecular weight excluding hydrogens is 470 g/mol. The number of carbonyl (C=O) groups is 1. The smallest absolute Gasteiger partial charge is 0.305 e. The number of hydrogen-bond acceptors (Lipinski definition) is 4. The first-order valence-corrected chi connectivity index (χ1v) is 7.46. The van der Waals surface area contributed by atoms with Gasteiger partial charge >= 0.3 is 5.97 Å². The van der Waals surface area contributed by atoms with E-state index in [0.29, 0.717) is 19.4 Å². The number of halogens is 2. The minimum Gasteiger partial charge on any atom is -0.469 e. The first kappa shape index (κ1) is 29.5. The molecule has 0 saturated carbocycles. The van der Waals surface area contributed by atoms with Crippen molar-refractivity contribution >= 4 is 52.2 Å². The Kier molecular flexibility index (Phi) is 15.7. The molecule has 2 heterocycles. The molecule has 0 unspecified atom stereocenters. The Bertz CT molecular complexity index is 667. The van der Waals surface area contributed by atoms with Crippen molar-refractivity contribution in [2.75, 3.05) is 13.7 Å². The van der Waals surface area contributed by atoms with E-state index in [2.05, 4.69) is 21.6 Å². The summed E-state index contributed by atoms with van der Waals surface area (Å²) >= 11 is 0. The Balaban J connectivity index is -0.00000132. The third-order valence-electron chi connectivity index (χ3n) is 4.03. The standard InChI is InChI=1S/C17H23N3O2.2BrH.2H2O/c1-11-13(4-5-17(21)22-3)9-19-15(11)8-16-12(2)14(6-7-18)10-20-16;;;;/h8-10,19H,4-7,18H2,1-3H3;2*1H;2*1H2/b16-8+;;;;. The molecule has 2 rings (SSSR count). The zero-order valence-corrected chi connectivity index (χ0v) is 18.6. The molecule has 1 aliphatic heterocycles. The molecule has 1 aromatic heterocycles. The number of aryl methyl sites for hydroxylation is 1. The van der Waals surface area contributed by atoms with Crippen LogP contribution >= 0.6 is 34.0 Å². The molecule has 0 aliphatic carbocycles. The highest BCUT2D eigenvalue weighted by atomic mass is 79.9. The Hall–Kier alpha value is -1.26. The number of hydrogen-bond donors (Lipinski definition) is 2. The summed E-state index contributed by atoms with van der Waals surface area (Å²) in [4.78, 5) is 19.0. The SMILES string of the molecule is Br.Br.COC(=O)CCc1c[nH]c(/C=C2/N=CC(CCN)=C2C)c1C.O.O. The quantitative estimate of drug-likeness (QED) is 0.578. The maximum absolute atomic E-state index is 11.2. The minimum absolute atomic E-state index is 0. The van der Waals surface area contributed by atoms with Crippen LogP contribution in [0.2, 0.25) is 0 Å². The predicted molar refractivity (Wildman–Crippen MR) is 117 cm³/mol. The van der Waals surface area contributed by atoms with Gasteiger partial charge in [0.25, 0.3) is 0 Å². The van der Waals surface area contributed by atoms with E-state index in [1.165, 1.54) is 18.3 Å². The minimum atomic E-state index is -0.189. The summed E-state index contributed by atoms with van der Waals surface area (Å²) in [7, 11) is 1.41. The molecule has 1 aliphatic rings. The van der Waals surface area contributed by atoms with Crippen LogP contribution in [0.1, 0.15) is 36.6 Å². The molecule has 0 saturated heterocycles. The van der Waals surface area contributed by atoms with Crippen LogP contribution in [0.25, 0.3) is 6.08 Å². The number of aromatic amines is 1. The number of aliphatic imine (C=N–C) groups is 1. The van der Waals surface area contributed by atoms with Crippen LogP contribution < -0.4 is 5.73 Å².